The summed E-state index contributed by atoms with van der Waals surface area (Å²) in [6.07, 6.45) is 0. The maximum Gasteiger partial charge on any atom is 0.126 e. The van der Waals surface area contributed by atoms with E-state index in [-0.39, 0.29) is 10.8 Å². The molecule has 0 heterocycles. The number of benzene rings is 2. The third-order valence-electron chi connectivity index (χ3n) is 2.68. The molecule has 2 aromatic rings. The maximum atomic E-state index is 13.2. The van der Waals surface area contributed by atoms with Gasteiger partial charge in [0.15, 0.2) is 0 Å². The molecule has 2 nitrogen and oxygen atoms in total. The second-order valence-electron chi connectivity index (χ2n) is 4.14. The largest absolute Gasteiger partial charge is 0.389 e. The molecule has 2 rings (SSSR count). The zero-order chi connectivity index (χ0) is 14.0. The minimum Gasteiger partial charge on any atom is -0.389 e. The molecule has 0 radical (unpaired) electrons. The van der Waals surface area contributed by atoms with Gasteiger partial charge in [0.05, 0.1) is 5.69 Å². The van der Waals surface area contributed by atoms with Crippen LogP contribution in [-0.2, 0) is 0 Å². The van der Waals surface area contributed by atoms with Gasteiger partial charge >= 0.3 is 0 Å². The Morgan fingerprint density at radius 2 is 2.00 bits per heavy atom. The van der Waals surface area contributed by atoms with E-state index >= 15 is 0 Å². The third-order valence-corrected chi connectivity index (χ3v) is 3.14. The van der Waals surface area contributed by atoms with Crippen molar-refractivity contribution in [2.45, 2.75) is 6.92 Å². The van der Waals surface area contributed by atoms with Crippen LogP contribution in [0.25, 0.3) is 0 Å². The van der Waals surface area contributed by atoms with Crippen molar-refractivity contribution in [2.24, 2.45) is 5.73 Å². The van der Waals surface area contributed by atoms with E-state index in [2.05, 4.69) is 5.32 Å². The number of hydrogen-bond donors (Lipinski definition) is 2. The van der Waals surface area contributed by atoms with E-state index in [9.17, 15) is 4.39 Å². The number of halogens is 2. The van der Waals surface area contributed by atoms with Crippen molar-refractivity contribution in [3.8, 4) is 0 Å². The van der Waals surface area contributed by atoms with Crippen LogP contribution in [0.4, 0.5) is 15.8 Å². The van der Waals surface area contributed by atoms with Gasteiger partial charge in [0.2, 0.25) is 0 Å². The standard InChI is InChI=1S/C14H12ClFN2S/c1-8-6-10(3-5-12(8)16)18-13-7-9(15)2-4-11(13)14(17)19/h2-7,18H,1H3,(H2,17,19). The number of hydrogen-bond acceptors (Lipinski definition) is 2. The van der Waals surface area contributed by atoms with Crippen LogP contribution in [0.3, 0.4) is 0 Å². The maximum absolute atomic E-state index is 13.2. The lowest BCUT2D eigenvalue weighted by Crippen LogP contribution is -2.11. The number of nitrogens with two attached hydrogens (primary N) is 1. The predicted octanol–water partition coefficient (Wildman–Crippen LogP) is 4.17. The average molecular weight is 295 g/mol. The summed E-state index contributed by atoms with van der Waals surface area (Å²) in [6.45, 7) is 1.70. The molecule has 2 aromatic carbocycles. The number of anilines is 2. The van der Waals surface area contributed by atoms with Gasteiger partial charge in [0.1, 0.15) is 10.8 Å². The summed E-state index contributed by atoms with van der Waals surface area (Å²) >= 11 is 11.0. The zero-order valence-electron chi connectivity index (χ0n) is 10.2. The van der Waals surface area contributed by atoms with E-state index in [0.717, 1.165) is 5.69 Å². The summed E-state index contributed by atoms with van der Waals surface area (Å²) < 4.78 is 13.2. The Bertz CT molecular complexity index is 643. The van der Waals surface area contributed by atoms with Gasteiger partial charge < -0.3 is 11.1 Å². The van der Waals surface area contributed by atoms with E-state index in [4.69, 9.17) is 29.6 Å². The molecule has 0 bridgehead atoms. The van der Waals surface area contributed by atoms with Crippen molar-refractivity contribution < 1.29 is 4.39 Å². The van der Waals surface area contributed by atoms with E-state index in [1.807, 2.05) is 0 Å². The molecule has 0 unspecified atom stereocenters. The monoisotopic (exact) mass is 294 g/mol. The average Bonchev–Trinajstić information content (AvgIpc) is 2.33. The lowest BCUT2D eigenvalue weighted by molar-refractivity contribution is 0.619. The van der Waals surface area contributed by atoms with Crippen LogP contribution >= 0.6 is 23.8 Å². The fourth-order valence-corrected chi connectivity index (χ4v) is 2.06. The van der Waals surface area contributed by atoms with Gasteiger partial charge in [-0.25, -0.2) is 4.39 Å². The van der Waals surface area contributed by atoms with Crippen LogP contribution in [0, 0.1) is 12.7 Å². The molecular formula is C14H12ClFN2S. The molecular weight excluding hydrogens is 283 g/mol. The topological polar surface area (TPSA) is 38.0 Å². The second kappa shape index (κ2) is 5.55. The van der Waals surface area contributed by atoms with Crippen molar-refractivity contribution in [3.63, 3.8) is 0 Å². The smallest absolute Gasteiger partial charge is 0.126 e. The Kier molecular flexibility index (Phi) is 4.02. The minimum atomic E-state index is -0.244. The van der Waals surface area contributed by atoms with Gasteiger partial charge in [-0.05, 0) is 48.9 Å². The van der Waals surface area contributed by atoms with Crippen LogP contribution in [-0.4, -0.2) is 4.99 Å². The molecule has 0 fully saturated rings. The van der Waals surface area contributed by atoms with Crippen LogP contribution in [0.2, 0.25) is 5.02 Å². The molecule has 3 N–H and O–H groups in total. The number of aryl methyl sites for hydroxylation is 1. The molecule has 5 heteroatoms. The molecule has 0 atom stereocenters. The van der Waals surface area contributed by atoms with Gasteiger partial charge in [-0.3, -0.25) is 0 Å². The molecule has 0 saturated heterocycles. The predicted molar refractivity (Wildman–Crippen MR) is 81.8 cm³/mol. The highest BCUT2D eigenvalue weighted by atomic mass is 35.5. The van der Waals surface area contributed by atoms with E-state index in [0.29, 0.717) is 21.8 Å². The summed E-state index contributed by atoms with van der Waals surface area (Å²) in [5.41, 5.74) is 8.36. The molecule has 0 spiro atoms. The first-order valence-corrected chi connectivity index (χ1v) is 6.38. The second-order valence-corrected chi connectivity index (χ2v) is 5.02. The van der Waals surface area contributed by atoms with E-state index < -0.39 is 0 Å². The molecule has 0 aliphatic rings. The lowest BCUT2D eigenvalue weighted by atomic mass is 10.1. The van der Waals surface area contributed by atoms with Gasteiger partial charge in [0.25, 0.3) is 0 Å². The third kappa shape index (κ3) is 3.22. The quantitative estimate of drug-likeness (QED) is 0.835. The Balaban J connectivity index is 2.39. The Morgan fingerprint density at radius 1 is 1.26 bits per heavy atom. The molecule has 98 valence electrons. The first-order valence-electron chi connectivity index (χ1n) is 5.60. The molecule has 19 heavy (non-hydrogen) atoms. The fourth-order valence-electron chi connectivity index (χ4n) is 1.71. The summed E-state index contributed by atoms with van der Waals surface area (Å²) in [4.78, 5) is 0.276. The highest BCUT2D eigenvalue weighted by Gasteiger charge is 2.07. The number of nitrogens with one attached hydrogen (secondary N) is 1. The van der Waals surface area contributed by atoms with Crippen molar-refractivity contribution in [3.05, 3.63) is 58.4 Å². The van der Waals surface area contributed by atoms with Crippen LogP contribution in [0.15, 0.2) is 36.4 Å². The highest BCUT2D eigenvalue weighted by molar-refractivity contribution is 7.80. The van der Waals surface area contributed by atoms with Gasteiger partial charge in [-0.2, -0.15) is 0 Å². The van der Waals surface area contributed by atoms with Crippen LogP contribution < -0.4 is 11.1 Å². The minimum absolute atomic E-state index is 0.244. The van der Waals surface area contributed by atoms with E-state index in [1.54, 1.807) is 37.3 Å². The first-order chi connectivity index (χ1) is 8.97. The Labute approximate surface area is 121 Å². The van der Waals surface area contributed by atoms with Gasteiger partial charge in [-0.1, -0.05) is 23.8 Å². The highest BCUT2D eigenvalue weighted by Crippen LogP contribution is 2.25. The van der Waals surface area contributed by atoms with Crippen molar-refractivity contribution in [1.29, 1.82) is 0 Å². The zero-order valence-corrected chi connectivity index (χ0v) is 11.8. The van der Waals surface area contributed by atoms with Crippen LogP contribution in [0.1, 0.15) is 11.1 Å². The Morgan fingerprint density at radius 3 is 2.63 bits per heavy atom. The lowest BCUT2D eigenvalue weighted by Gasteiger charge is -2.12. The number of thiocarbonyl (C=S) groups is 1. The Hall–Kier alpha value is -1.65. The number of rotatable bonds is 3. The SMILES string of the molecule is Cc1cc(Nc2cc(Cl)ccc2C(N)=S)ccc1F. The molecule has 0 aliphatic heterocycles. The molecule has 0 aromatic heterocycles. The molecule has 0 aliphatic carbocycles. The van der Waals surface area contributed by atoms with Crippen LogP contribution in [0.5, 0.6) is 0 Å². The van der Waals surface area contributed by atoms with Gasteiger partial charge in [0, 0.05) is 16.3 Å². The normalized spacial score (nSPS) is 10.3. The summed E-state index contributed by atoms with van der Waals surface area (Å²) in [5.74, 6) is -0.244. The molecule has 0 amide bonds. The summed E-state index contributed by atoms with van der Waals surface area (Å²) in [5, 5.41) is 3.71. The fraction of sp³-hybridized carbons (Fsp3) is 0.0714. The molecule has 0 saturated carbocycles. The van der Waals surface area contributed by atoms with E-state index in [1.165, 1.54) is 6.07 Å². The first kappa shape index (κ1) is 13.8. The van der Waals surface area contributed by atoms with Crippen molar-refractivity contribution in [1.82, 2.24) is 0 Å². The van der Waals surface area contributed by atoms with Crippen molar-refractivity contribution >= 4 is 40.2 Å². The van der Waals surface area contributed by atoms with Crippen molar-refractivity contribution in [2.75, 3.05) is 5.32 Å². The summed E-state index contributed by atoms with van der Waals surface area (Å²) in [7, 11) is 0. The van der Waals surface area contributed by atoms with Gasteiger partial charge in [-0.15, -0.1) is 0 Å². The summed E-state index contributed by atoms with van der Waals surface area (Å²) in [6, 6.07) is 9.96.